The highest BCUT2D eigenvalue weighted by Crippen LogP contribution is 2.44. The van der Waals surface area contributed by atoms with Crippen molar-refractivity contribution in [2.75, 3.05) is 28.4 Å². The molecule has 1 fully saturated rings. The van der Waals surface area contributed by atoms with Crippen molar-refractivity contribution in [3.05, 3.63) is 87.4 Å². The van der Waals surface area contributed by atoms with Crippen LogP contribution in [0.4, 0.5) is 0 Å². The molecule has 1 saturated heterocycles. The Labute approximate surface area is 225 Å². The maximum absolute atomic E-state index is 13.5. The molecule has 198 valence electrons. The summed E-state index contributed by atoms with van der Waals surface area (Å²) in [5.74, 6) is -0.206. The van der Waals surface area contributed by atoms with Crippen molar-refractivity contribution in [2.24, 2.45) is 0 Å². The van der Waals surface area contributed by atoms with Gasteiger partial charge in [0.1, 0.15) is 17.3 Å². The van der Waals surface area contributed by atoms with Crippen LogP contribution in [0.3, 0.4) is 0 Å². The van der Waals surface area contributed by atoms with Crippen molar-refractivity contribution >= 4 is 29.1 Å². The number of ketones is 1. The van der Waals surface area contributed by atoms with Crippen LogP contribution < -0.4 is 18.9 Å². The molecule has 3 aromatic carbocycles. The second-order valence-corrected chi connectivity index (χ2v) is 9.12. The second-order valence-electron chi connectivity index (χ2n) is 8.72. The van der Waals surface area contributed by atoms with Gasteiger partial charge in [0.05, 0.1) is 50.6 Å². The van der Waals surface area contributed by atoms with Crippen molar-refractivity contribution < 1.29 is 33.6 Å². The Morgan fingerprint density at radius 3 is 2.18 bits per heavy atom. The van der Waals surface area contributed by atoms with E-state index in [4.69, 9.17) is 30.5 Å². The van der Waals surface area contributed by atoms with Gasteiger partial charge in [0, 0.05) is 6.54 Å². The number of aliphatic hydroxyl groups is 1. The lowest BCUT2D eigenvalue weighted by atomic mass is 9.94. The molecule has 1 N–H and O–H groups in total. The van der Waals surface area contributed by atoms with Crippen LogP contribution in [-0.4, -0.2) is 50.1 Å². The van der Waals surface area contributed by atoms with E-state index in [1.54, 1.807) is 56.5 Å². The minimum absolute atomic E-state index is 0.0873. The molecule has 1 atom stereocenters. The van der Waals surface area contributed by atoms with Gasteiger partial charge >= 0.3 is 0 Å². The number of halogens is 1. The molecule has 3 aromatic rings. The molecule has 8 nitrogen and oxygen atoms in total. The molecule has 4 rings (SSSR count). The number of rotatable bonds is 8. The zero-order valence-corrected chi connectivity index (χ0v) is 22.5. The monoisotopic (exact) mass is 537 g/mol. The predicted molar refractivity (Wildman–Crippen MR) is 143 cm³/mol. The van der Waals surface area contributed by atoms with E-state index in [0.29, 0.717) is 22.8 Å². The van der Waals surface area contributed by atoms with Gasteiger partial charge in [0.2, 0.25) is 0 Å². The van der Waals surface area contributed by atoms with Crippen LogP contribution in [-0.2, 0) is 16.1 Å². The quantitative estimate of drug-likeness (QED) is 0.236. The lowest BCUT2D eigenvalue weighted by Gasteiger charge is -2.26. The van der Waals surface area contributed by atoms with Gasteiger partial charge < -0.3 is 29.0 Å². The lowest BCUT2D eigenvalue weighted by Crippen LogP contribution is -2.29. The molecule has 1 unspecified atom stereocenters. The molecule has 1 heterocycles. The number of ether oxygens (including phenoxy) is 4. The molecule has 0 spiro atoms. The fraction of sp³-hybridized carbons (Fsp3) is 0.241. The number of aliphatic hydroxyl groups excluding tert-OH is 1. The van der Waals surface area contributed by atoms with E-state index in [9.17, 15) is 14.7 Å². The molecule has 1 aliphatic rings. The molecule has 1 amide bonds. The Balaban J connectivity index is 1.93. The van der Waals surface area contributed by atoms with Crippen molar-refractivity contribution in [1.29, 1.82) is 0 Å². The van der Waals surface area contributed by atoms with E-state index in [1.807, 2.05) is 12.1 Å². The highest BCUT2D eigenvalue weighted by molar-refractivity contribution is 6.46. The van der Waals surface area contributed by atoms with Crippen molar-refractivity contribution in [1.82, 2.24) is 4.90 Å². The Kier molecular flexibility index (Phi) is 7.83. The Hall–Kier alpha value is -4.17. The number of amides is 1. The molecule has 0 bridgehead atoms. The third-order valence-electron chi connectivity index (χ3n) is 6.42. The highest BCUT2D eigenvalue weighted by Gasteiger charge is 2.46. The smallest absolute Gasteiger partial charge is 0.295 e. The van der Waals surface area contributed by atoms with Crippen molar-refractivity contribution in [2.45, 2.75) is 19.5 Å². The first-order chi connectivity index (χ1) is 18.2. The number of Topliss-reactive ketones (excluding diaryl/α,β-unsaturated/α-hetero) is 1. The lowest BCUT2D eigenvalue weighted by molar-refractivity contribution is -0.140. The average molecular weight is 538 g/mol. The fourth-order valence-electron chi connectivity index (χ4n) is 4.60. The first-order valence-electron chi connectivity index (χ1n) is 11.7. The van der Waals surface area contributed by atoms with Gasteiger partial charge in [-0.05, 0) is 60.0 Å². The Morgan fingerprint density at radius 1 is 0.895 bits per heavy atom. The number of hydrogen-bond acceptors (Lipinski definition) is 7. The number of hydrogen-bond donors (Lipinski definition) is 1. The van der Waals surface area contributed by atoms with Crippen LogP contribution in [0.5, 0.6) is 23.0 Å². The zero-order chi connectivity index (χ0) is 27.6. The third-order valence-corrected chi connectivity index (χ3v) is 6.70. The number of carbonyl (C=O) groups is 2. The maximum atomic E-state index is 13.5. The van der Waals surface area contributed by atoms with E-state index < -0.39 is 17.7 Å². The van der Waals surface area contributed by atoms with Crippen LogP contribution in [0.15, 0.2) is 60.2 Å². The average Bonchev–Trinajstić information content (AvgIpc) is 3.17. The topological polar surface area (TPSA) is 94.5 Å². The summed E-state index contributed by atoms with van der Waals surface area (Å²) in [6, 6.07) is 14.7. The molecule has 0 aliphatic carbocycles. The number of aryl methyl sites for hydroxylation is 1. The highest BCUT2D eigenvalue weighted by atomic mass is 35.5. The maximum Gasteiger partial charge on any atom is 0.295 e. The van der Waals surface area contributed by atoms with E-state index in [0.717, 1.165) is 11.1 Å². The van der Waals surface area contributed by atoms with Crippen LogP contribution in [0.25, 0.3) is 5.76 Å². The largest absolute Gasteiger partial charge is 0.507 e. The summed E-state index contributed by atoms with van der Waals surface area (Å²) in [7, 11) is 5.99. The molecular formula is C29H28ClNO7. The summed E-state index contributed by atoms with van der Waals surface area (Å²) in [5.41, 5.74) is 2.19. The second kappa shape index (κ2) is 11.1. The number of likely N-dealkylation sites (tertiary alicyclic amines) is 1. The summed E-state index contributed by atoms with van der Waals surface area (Å²) in [4.78, 5) is 28.3. The molecular weight excluding hydrogens is 510 g/mol. The minimum atomic E-state index is -0.930. The van der Waals surface area contributed by atoms with Crippen LogP contribution in [0, 0.1) is 6.92 Å². The molecule has 9 heteroatoms. The summed E-state index contributed by atoms with van der Waals surface area (Å²) in [6.45, 7) is 1.91. The van der Waals surface area contributed by atoms with Gasteiger partial charge in [-0.3, -0.25) is 9.59 Å². The fourth-order valence-corrected chi connectivity index (χ4v) is 4.95. The first-order valence-corrected chi connectivity index (χ1v) is 12.1. The summed E-state index contributed by atoms with van der Waals surface area (Å²) >= 11 is 6.38. The number of benzene rings is 3. The zero-order valence-electron chi connectivity index (χ0n) is 21.7. The van der Waals surface area contributed by atoms with Gasteiger partial charge in [0.15, 0.2) is 11.5 Å². The summed E-state index contributed by atoms with van der Waals surface area (Å²) in [6.07, 6.45) is 0. The normalized spacial score (nSPS) is 16.5. The Bertz CT molecular complexity index is 1420. The summed E-state index contributed by atoms with van der Waals surface area (Å²) < 4.78 is 21.5. The van der Waals surface area contributed by atoms with Crippen molar-refractivity contribution in [3.8, 4) is 23.0 Å². The van der Waals surface area contributed by atoms with Crippen LogP contribution >= 0.6 is 11.6 Å². The SMILES string of the molecule is COc1ccc(CN2C(=O)C(=O)/C(=C(/O)c3cc(C)cc(Cl)c3OC)C2c2ccc(OC)c(OC)c2)cc1. The van der Waals surface area contributed by atoms with Crippen LogP contribution in [0.1, 0.15) is 28.3 Å². The first kappa shape index (κ1) is 26.9. The third kappa shape index (κ3) is 4.87. The number of methoxy groups -OCH3 is 4. The summed E-state index contributed by atoms with van der Waals surface area (Å²) in [5, 5.41) is 11.8. The predicted octanol–water partition coefficient (Wildman–Crippen LogP) is 5.30. The van der Waals surface area contributed by atoms with E-state index >= 15 is 0 Å². The van der Waals surface area contributed by atoms with Crippen molar-refractivity contribution in [3.63, 3.8) is 0 Å². The van der Waals surface area contributed by atoms with Gasteiger partial charge in [-0.2, -0.15) is 0 Å². The standard InChI is InChI=1S/C29H28ClNO7/c1-16-12-20(28(38-5)21(30)13-16)26(32)24-25(18-8-11-22(36-3)23(14-18)37-4)31(29(34)27(24)33)15-17-6-9-19(35-2)10-7-17/h6-14,25,32H,15H2,1-5H3/b26-24+. The molecule has 0 radical (unpaired) electrons. The van der Waals surface area contributed by atoms with E-state index in [1.165, 1.54) is 26.2 Å². The molecule has 1 aliphatic heterocycles. The van der Waals surface area contributed by atoms with Gasteiger partial charge in [-0.15, -0.1) is 0 Å². The molecule has 0 saturated carbocycles. The van der Waals surface area contributed by atoms with Gasteiger partial charge in [0.25, 0.3) is 11.7 Å². The molecule has 0 aromatic heterocycles. The van der Waals surface area contributed by atoms with E-state index in [-0.39, 0.29) is 34.2 Å². The minimum Gasteiger partial charge on any atom is -0.507 e. The van der Waals surface area contributed by atoms with E-state index in [2.05, 4.69) is 0 Å². The Morgan fingerprint density at radius 2 is 1.58 bits per heavy atom. The van der Waals surface area contributed by atoms with Gasteiger partial charge in [-0.25, -0.2) is 0 Å². The van der Waals surface area contributed by atoms with Crippen LogP contribution in [0.2, 0.25) is 5.02 Å². The number of carbonyl (C=O) groups excluding carboxylic acids is 2. The molecule has 38 heavy (non-hydrogen) atoms. The number of nitrogens with zero attached hydrogens (tertiary/aromatic N) is 1. The van der Waals surface area contributed by atoms with Gasteiger partial charge in [-0.1, -0.05) is 29.8 Å².